The van der Waals surface area contributed by atoms with Gasteiger partial charge >= 0.3 is 0 Å². The summed E-state index contributed by atoms with van der Waals surface area (Å²) in [5.74, 6) is 0.883. The van der Waals surface area contributed by atoms with Crippen molar-refractivity contribution in [3.05, 3.63) is 35.0 Å². The van der Waals surface area contributed by atoms with Gasteiger partial charge in [-0.2, -0.15) is 5.10 Å². The van der Waals surface area contributed by atoms with Crippen molar-refractivity contribution in [3.63, 3.8) is 0 Å². The van der Waals surface area contributed by atoms with E-state index in [0.29, 0.717) is 17.2 Å². The van der Waals surface area contributed by atoms with E-state index in [1.54, 1.807) is 13.0 Å². The first-order valence-electron chi connectivity index (χ1n) is 8.51. The monoisotopic (exact) mass is 345 g/mol. The second kappa shape index (κ2) is 7.08. The van der Waals surface area contributed by atoms with Crippen LogP contribution in [-0.4, -0.2) is 39.3 Å². The van der Waals surface area contributed by atoms with Crippen molar-refractivity contribution < 1.29 is 14.1 Å². The van der Waals surface area contributed by atoms with E-state index in [1.807, 2.05) is 13.8 Å². The van der Waals surface area contributed by atoms with E-state index in [2.05, 4.69) is 26.0 Å². The second-order valence-corrected chi connectivity index (χ2v) is 6.76. The molecule has 0 bridgehead atoms. The van der Waals surface area contributed by atoms with Crippen molar-refractivity contribution in [2.75, 3.05) is 0 Å². The summed E-state index contributed by atoms with van der Waals surface area (Å²) in [5, 5.41) is 16.1. The zero-order valence-electron chi connectivity index (χ0n) is 14.6. The summed E-state index contributed by atoms with van der Waals surface area (Å²) in [4.78, 5) is 24.5. The fourth-order valence-corrected chi connectivity index (χ4v) is 2.52. The highest BCUT2D eigenvalue weighted by Crippen LogP contribution is 2.32. The molecule has 3 rings (SSSR count). The third-order valence-electron chi connectivity index (χ3n) is 4.52. The van der Waals surface area contributed by atoms with Gasteiger partial charge in [-0.25, -0.2) is 0 Å². The molecule has 0 aromatic carbocycles. The molecule has 1 fully saturated rings. The van der Waals surface area contributed by atoms with Crippen molar-refractivity contribution >= 4 is 11.8 Å². The fraction of sp³-hybridized carbons (Fsp3) is 0.529. The highest BCUT2D eigenvalue weighted by atomic mass is 16.5. The number of hydrogen-bond donors (Lipinski definition) is 3. The third kappa shape index (κ3) is 4.26. The van der Waals surface area contributed by atoms with E-state index >= 15 is 0 Å². The first-order chi connectivity index (χ1) is 11.9. The van der Waals surface area contributed by atoms with Gasteiger partial charge in [0.05, 0.1) is 11.8 Å². The SMILES string of the molecule is Cc1[nH]ncc1C(=O)NC(C)C(C)NC(=O)c1cc(CC2CC2)on1. The first kappa shape index (κ1) is 17.2. The van der Waals surface area contributed by atoms with Crippen LogP contribution in [0.3, 0.4) is 0 Å². The quantitative estimate of drug-likeness (QED) is 0.705. The average molecular weight is 345 g/mol. The van der Waals surface area contributed by atoms with Gasteiger partial charge in [0.1, 0.15) is 5.76 Å². The van der Waals surface area contributed by atoms with Crippen LogP contribution in [0.25, 0.3) is 0 Å². The molecule has 1 saturated carbocycles. The summed E-state index contributed by atoms with van der Waals surface area (Å²) in [6.07, 6.45) is 4.75. The minimum Gasteiger partial charge on any atom is -0.361 e. The Labute approximate surface area is 145 Å². The van der Waals surface area contributed by atoms with Gasteiger partial charge in [-0.1, -0.05) is 5.16 Å². The van der Waals surface area contributed by atoms with Gasteiger partial charge in [-0.15, -0.1) is 0 Å². The van der Waals surface area contributed by atoms with Gasteiger partial charge in [0, 0.05) is 30.3 Å². The van der Waals surface area contributed by atoms with Crippen LogP contribution in [0.5, 0.6) is 0 Å². The van der Waals surface area contributed by atoms with Crippen LogP contribution in [0.2, 0.25) is 0 Å². The topological polar surface area (TPSA) is 113 Å². The zero-order chi connectivity index (χ0) is 18.0. The number of carbonyl (C=O) groups excluding carboxylic acids is 2. The Kier molecular flexibility index (Phi) is 4.87. The normalized spacial score (nSPS) is 16.3. The first-order valence-corrected chi connectivity index (χ1v) is 8.51. The lowest BCUT2D eigenvalue weighted by Gasteiger charge is -2.22. The summed E-state index contributed by atoms with van der Waals surface area (Å²) in [5.41, 5.74) is 1.46. The van der Waals surface area contributed by atoms with E-state index in [-0.39, 0.29) is 29.6 Å². The van der Waals surface area contributed by atoms with Gasteiger partial charge in [-0.3, -0.25) is 14.7 Å². The zero-order valence-corrected chi connectivity index (χ0v) is 14.6. The molecule has 0 aliphatic heterocycles. The molecule has 134 valence electrons. The van der Waals surface area contributed by atoms with Gasteiger partial charge in [0.25, 0.3) is 11.8 Å². The summed E-state index contributed by atoms with van der Waals surface area (Å²) in [6.45, 7) is 5.44. The van der Waals surface area contributed by atoms with Crippen molar-refractivity contribution in [2.24, 2.45) is 5.92 Å². The number of nitrogens with zero attached hydrogens (tertiary/aromatic N) is 2. The number of nitrogens with one attached hydrogen (secondary N) is 3. The van der Waals surface area contributed by atoms with Crippen LogP contribution in [0.4, 0.5) is 0 Å². The lowest BCUT2D eigenvalue weighted by Crippen LogP contribution is -2.48. The number of aromatic nitrogens is 3. The highest BCUT2D eigenvalue weighted by molar-refractivity contribution is 5.95. The number of carbonyl (C=O) groups is 2. The van der Waals surface area contributed by atoms with Crippen molar-refractivity contribution in [3.8, 4) is 0 Å². The summed E-state index contributed by atoms with van der Waals surface area (Å²) < 4.78 is 5.21. The van der Waals surface area contributed by atoms with Gasteiger partial charge < -0.3 is 15.2 Å². The Bertz CT molecular complexity index is 762. The predicted molar refractivity (Wildman–Crippen MR) is 90.1 cm³/mol. The fourth-order valence-electron chi connectivity index (χ4n) is 2.52. The number of amides is 2. The summed E-state index contributed by atoms with van der Waals surface area (Å²) in [7, 11) is 0. The van der Waals surface area contributed by atoms with Crippen LogP contribution in [-0.2, 0) is 6.42 Å². The molecule has 1 aliphatic carbocycles. The van der Waals surface area contributed by atoms with Gasteiger partial charge in [0.2, 0.25) is 0 Å². The number of aromatic amines is 1. The molecule has 0 radical (unpaired) electrons. The molecule has 1 aliphatic rings. The molecule has 2 amide bonds. The Morgan fingerprint density at radius 1 is 1.28 bits per heavy atom. The lowest BCUT2D eigenvalue weighted by molar-refractivity contribution is 0.0886. The van der Waals surface area contributed by atoms with E-state index in [1.165, 1.54) is 19.0 Å². The van der Waals surface area contributed by atoms with Crippen molar-refractivity contribution in [1.29, 1.82) is 0 Å². The molecule has 8 nitrogen and oxygen atoms in total. The van der Waals surface area contributed by atoms with Gasteiger partial charge in [-0.05, 0) is 39.5 Å². The maximum absolute atomic E-state index is 12.3. The Morgan fingerprint density at radius 3 is 2.56 bits per heavy atom. The Balaban J connectivity index is 1.52. The molecule has 2 unspecified atom stereocenters. The molecule has 2 aromatic rings. The van der Waals surface area contributed by atoms with E-state index in [9.17, 15) is 9.59 Å². The number of hydrogen-bond acceptors (Lipinski definition) is 5. The standard InChI is InChI=1S/C17H23N5O3/c1-9(19-16(23)14-8-18-21-11(14)3)10(2)20-17(24)15-7-13(25-22-15)6-12-4-5-12/h7-10,12H,4-6H2,1-3H3,(H,18,21)(H,19,23)(H,20,24). The molecule has 25 heavy (non-hydrogen) atoms. The molecule has 0 saturated heterocycles. The Hall–Kier alpha value is -2.64. The number of rotatable bonds is 7. The minimum atomic E-state index is -0.307. The summed E-state index contributed by atoms with van der Waals surface area (Å²) >= 11 is 0. The largest absolute Gasteiger partial charge is 0.361 e. The van der Waals surface area contributed by atoms with Crippen LogP contribution in [0.15, 0.2) is 16.8 Å². The molecule has 0 spiro atoms. The van der Waals surface area contributed by atoms with Crippen molar-refractivity contribution in [1.82, 2.24) is 26.0 Å². The smallest absolute Gasteiger partial charge is 0.273 e. The number of H-pyrrole nitrogens is 1. The number of aryl methyl sites for hydroxylation is 1. The molecule has 8 heteroatoms. The molecular weight excluding hydrogens is 322 g/mol. The Morgan fingerprint density at radius 2 is 1.96 bits per heavy atom. The third-order valence-corrected chi connectivity index (χ3v) is 4.52. The highest BCUT2D eigenvalue weighted by Gasteiger charge is 2.25. The van der Waals surface area contributed by atoms with E-state index in [0.717, 1.165) is 12.2 Å². The lowest BCUT2D eigenvalue weighted by atomic mass is 10.1. The summed E-state index contributed by atoms with van der Waals surface area (Å²) in [6, 6.07) is 1.16. The molecular formula is C17H23N5O3. The molecule has 2 aromatic heterocycles. The maximum atomic E-state index is 12.3. The van der Waals surface area contributed by atoms with Crippen molar-refractivity contribution in [2.45, 2.75) is 52.1 Å². The van der Waals surface area contributed by atoms with Crippen LogP contribution >= 0.6 is 0 Å². The predicted octanol–water partition coefficient (Wildman–Crippen LogP) is 1.60. The minimum absolute atomic E-state index is 0.229. The van der Waals surface area contributed by atoms with Crippen LogP contribution in [0, 0.1) is 12.8 Å². The second-order valence-electron chi connectivity index (χ2n) is 6.76. The molecule has 3 N–H and O–H groups in total. The van der Waals surface area contributed by atoms with E-state index < -0.39 is 0 Å². The maximum Gasteiger partial charge on any atom is 0.273 e. The van der Waals surface area contributed by atoms with E-state index in [4.69, 9.17) is 4.52 Å². The average Bonchev–Trinajstić information content (AvgIpc) is 3.06. The van der Waals surface area contributed by atoms with Crippen LogP contribution < -0.4 is 10.6 Å². The molecule has 2 heterocycles. The molecule has 2 atom stereocenters. The van der Waals surface area contributed by atoms with Gasteiger partial charge in [0.15, 0.2) is 5.69 Å². The van der Waals surface area contributed by atoms with Crippen LogP contribution in [0.1, 0.15) is 59.0 Å².